The molecular formula is C21H28N6O2. The fourth-order valence-corrected chi connectivity index (χ4v) is 4.06. The molecule has 8 nitrogen and oxygen atoms in total. The molecule has 154 valence electrons. The topological polar surface area (TPSA) is 84.3 Å². The maximum atomic E-state index is 12.8. The Labute approximate surface area is 171 Å². The zero-order valence-corrected chi connectivity index (χ0v) is 17.5. The van der Waals surface area contributed by atoms with Crippen LogP contribution in [0, 0.1) is 11.8 Å². The molecule has 2 aliphatic rings. The Morgan fingerprint density at radius 1 is 1.00 bits per heavy atom. The van der Waals surface area contributed by atoms with Crippen LogP contribution in [-0.2, 0) is 5.41 Å². The van der Waals surface area contributed by atoms with Crippen molar-refractivity contribution < 1.29 is 9.53 Å². The Morgan fingerprint density at radius 2 is 1.72 bits per heavy atom. The average molecular weight is 396 g/mol. The molecule has 0 spiro atoms. The number of nitrogens with zero attached hydrogens (tertiary/aromatic N) is 6. The first-order valence-corrected chi connectivity index (χ1v) is 10.2. The minimum atomic E-state index is -0.0594. The monoisotopic (exact) mass is 396 g/mol. The first kappa shape index (κ1) is 19.5. The average Bonchev–Trinajstić information content (AvgIpc) is 3.27. The van der Waals surface area contributed by atoms with Crippen LogP contribution < -0.4 is 9.64 Å². The van der Waals surface area contributed by atoms with Crippen molar-refractivity contribution in [3.63, 3.8) is 0 Å². The number of ether oxygens (including phenoxy) is 1. The van der Waals surface area contributed by atoms with Crippen LogP contribution in [0.4, 0.5) is 5.82 Å². The lowest BCUT2D eigenvalue weighted by Gasteiger charge is -2.23. The zero-order valence-electron chi connectivity index (χ0n) is 17.5. The van der Waals surface area contributed by atoms with E-state index >= 15 is 0 Å². The molecule has 2 aromatic heterocycles. The van der Waals surface area contributed by atoms with Gasteiger partial charge in [-0.15, -0.1) is 15.3 Å². The Balaban J connectivity index is 1.36. The minimum Gasteiger partial charge on any atom is -0.477 e. The Kier molecular flexibility index (Phi) is 5.10. The van der Waals surface area contributed by atoms with Crippen LogP contribution in [0.5, 0.6) is 5.88 Å². The van der Waals surface area contributed by atoms with E-state index in [2.05, 4.69) is 58.2 Å². The van der Waals surface area contributed by atoms with E-state index in [1.165, 1.54) is 0 Å². The van der Waals surface area contributed by atoms with Gasteiger partial charge in [0.25, 0.3) is 5.91 Å². The molecule has 4 rings (SSSR count). The van der Waals surface area contributed by atoms with Crippen LogP contribution in [0.3, 0.4) is 0 Å². The highest BCUT2D eigenvalue weighted by molar-refractivity contribution is 5.92. The summed E-state index contributed by atoms with van der Waals surface area (Å²) in [6.45, 7) is 12.1. The quantitative estimate of drug-likeness (QED) is 0.783. The van der Waals surface area contributed by atoms with Gasteiger partial charge in [-0.05, 0) is 25.1 Å². The largest absolute Gasteiger partial charge is 0.477 e. The molecule has 0 radical (unpaired) electrons. The summed E-state index contributed by atoms with van der Waals surface area (Å²) in [5.74, 6) is 2.19. The lowest BCUT2D eigenvalue weighted by molar-refractivity contribution is 0.0775. The number of hydrogen-bond donors (Lipinski definition) is 0. The second kappa shape index (κ2) is 7.57. The Hall–Kier alpha value is -2.77. The van der Waals surface area contributed by atoms with Crippen LogP contribution in [0.15, 0.2) is 24.3 Å². The second-order valence-electron chi connectivity index (χ2n) is 8.85. The maximum absolute atomic E-state index is 12.8. The molecule has 0 saturated carbocycles. The normalized spacial score (nSPS) is 21.4. The highest BCUT2D eigenvalue weighted by Gasteiger charge is 2.42. The Bertz CT molecular complexity index is 848. The molecular weight excluding hydrogens is 368 g/mol. The molecule has 0 N–H and O–H groups in total. The van der Waals surface area contributed by atoms with Crippen LogP contribution in [-0.4, -0.2) is 64.0 Å². The molecule has 2 unspecified atom stereocenters. The lowest BCUT2D eigenvalue weighted by atomic mass is 9.92. The highest BCUT2D eigenvalue weighted by Crippen LogP contribution is 2.34. The van der Waals surface area contributed by atoms with Gasteiger partial charge in [-0.1, -0.05) is 20.8 Å². The number of likely N-dealkylation sites (tertiary alicyclic amines) is 1. The molecule has 1 amide bonds. The van der Waals surface area contributed by atoms with Gasteiger partial charge < -0.3 is 14.5 Å². The van der Waals surface area contributed by atoms with Gasteiger partial charge >= 0.3 is 0 Å². The molecule has 2 aromatic rings. The van der Waals surface area contributed by atoms with Gasteiger partial charge in [0.2, 0.25) is 5.88 Å². The van der Waals surface area contributed by atoms with Gasteiger partial charge in [-0.3, -0.25) is 4.79 Å². The molecule has 0 aromatic carbocycles. The van der Waals surface area contributed by atoms with E-state index in [1.54, 1.807) is 12.1 Å². The van der Waals surface area contributed by atoms with Gasteiger partial charge in [-0.2, -0.15) is 5.10 Å². The molecule has 2 saturated heterocycles. The summed E-state index contributed by atoms with van der Waals surface area (Å²) >= 11 is 0. The molecule has 2 fully saturated rings. The third-order valence-corrected chi connectivity index (χ3v) is 5.67. The van der Waals surface area contributed by atoms with Crippen molar-refractivity contribution in [1.82, 2.24) is 25.3 Å². The number of hydrogen-bond acceptors (Lipinski definition) is 7. The van der Waals surface area contributed by atoms with Crippen LogP contribution in [0.25, 0.3) is 0 Å². The van der Waals surface area contributed by atoms with E-state index in [1.807, 2.05) is 11.8 Å². The summed E-state index contributed by atoms with van der Waals surface area (Å²) in [7, 11) is 0. The number of anilines is 1. The number of carbonyl (C=O) groups excluding carboxylic acids is 1. The smallest absolute Gasteiger partial charge is 0.274 e. The third-order valence-electron chi connectivity index (χ3n) is 5.67. The van der Waals surface area contributed by atoms with Crippen molar-refractivity contribution in [2.24, 2.45) is 11.8 Å². The zero-order chi connectivity index (χ0) is 20.6. The number of fused-ring (bicyclic) bond motifs is 1. The third kappa shape index (κ3) is 4.02. The number of carbonyl (C=O) groups is 1. The van der Waals surface area contributed by atoms with E-state index in [-0.39, 0.29) is 11.3 Å². The van der Waals surface area contributed by atoms with E-state index < -0.39 is 0 Å². The summed E-state index contributed by atoms with van der Waals surface area (Å²) in [4.78, 5) is 17.0. The highest BCUT2D eigenvalue weighted by atomic mass is 16.5. The van der Waals surface area contributed by atoms with Gasteiger partial charge in [0.1, 0.15) is 0 Å². The molecule has 0 bridgehead atoms. The van der Waals surface area contributed by atoms with E-state index in [0.717, 1.165) is 37.7 Å². The number of aromatic nitrogens is 4. The number of rotatable bonds is 4. The predicted octanol–water partition coefficient (Wildman–Crippen LogP) is 2.17. The minimum absolute atomic E-state index is 0.00231. The SMILES string of the molecule is CCOc1ccc(C(=O)N2CC3CN(c4ccc(C(C)(C)C)nn4)CC3C2)nn1. The van der Waals surface area contributed by atoms with E-state index in [0.29, 0.717) is 30.0 Å². The van der Waals surface area contributed by atoms with Crippen molar-refractivity contribution in [3.05, 3.63) is 35.7 Å². The van der Waals surface area contributed by atoms with Crippen molar-refractivity contribution in [3.8, 4) is 5.88 Å². The molecule has 2 atom stereocenters. The van der Waals surface area contributed by atoms with Crippen molar-refractivity contribution in [2.45, 2.75) is 33.1 Å². The lowest BCUT2D eigenvalue weighted by Crippen LogP contribution is -2.34. The van der Waals surface area contributed by atoms with Crippen LogP contribution in [0.2, 0.25) is 0 Å². The standard InChI is InChI=1S/C21H28N6O2/c1-5-29-19-9-6-16(22-25-19)20(28)27-12-14-10-26(11-15(14)13-27)18-8-7-17(23-24-18)21(2,3)4/h6-9,14-15H,5,10-13H2,1-4H3. The first-order valence-electron chi connectivity index (χ1n) is 10.2. The molecule has 2 aliphatic heterocycles. The van der Waals surface area contributed by atoms with E-state index in [9.17, 15) is 4.79 Å². The predicted molar refractivity (Wildman–Crippen MR) is 109 cm³/mol. The van der Waals surface area contributed by atoms with Gasteiger partial charge in [-0.25, -0.2) is 0 Å². The maximum Gasteiger partial charge on any atom is 0.274 e. The molecule has 29 heavy (non-hydrogen) atoms. The van der Waals surface area contributed by atoms with E-state index in [4.69, 9.17) is 4.74 Å². The molecule has 4 heterocycles. The summed E-state index contributed by atoms with van der Waals surface area (Å²) in [5.41, 5.74) is 1.36. The second-order valence-corrected chi connectivity index (χ2v) is 8.85. The summed E-state index contributed by atoms with van der Waals surface area (Å²) in [6.07, 6.45) is 0. The first-order chi connectivity index (χ1) is 13.8. The fourth-order valence-electron chi connectivity index (χ4n) is 4.06. The van der Waals surface area contributed by atoms with Gasteiger partial charge in [0.05, 0.1) is 12.3 Å². The van der Waals surface area contributed by atoms with Gasteiger partial charge in [0.15, 0.2) is 11.5 Å². The van der Waals surface area contributed by atoms with Crippen LogP contribution >= 0.6 is 0 Å². The van der Waals surface area contributed by atoms with Gasteiger partial charge in [0, 0.05) is 49.5 Å². The van der Waals surface area contributed by atoms with Crippen molar-refractivity contribution in [2.75, 3.05) is 37.7 Å². The summed E-state index contributed by atoms with van der Waals surface area (Å²) in [5, 5.41) is 16.9. The molecule has 0 aliphatic carbocycles. The fraction of sp³-hybridized carbons (Fsp3) is 0.571. The van der Waals surface area contributed by atoms with Crippen LogP contribution in [0.1, 0.15) is 43.9 Å². The summed E-state index contributed by atoms with van der Waals surface area (Å²) < 4.78 is 5.29. The van der Waals surface area contributed by atoms with Crippen molar-refractivity contribution in [1.29, 1.82) is 0 Å². The summed E-state index contributed by atoms with van der Waals surface area (Å²) in [6, 6.07) is 7.51. The van der Waals surface area contributed by atoms with Crippen molar-refractivity contribution >= 4 is 11.7 Å². The number of amides is 1. The Morgan fingerprint density at radius 3 is 2.24 bits per heavy atom. The molecule has 8 heteroatoms.